The summed E-state index contributed by atoms with van der Waals surface area (Å²) in [5.41, 5.74) is 4.57. The summed E-state index contributed by atoms with van der Waals surface area (Å²) in [6.07, 6.45) is 2.44. The number of fused-ring (bicyclic) bond motifs is 1. The van der Waals surface area contributed by atoms with Crippen LogP contribution in [-0.4, -0.2) is 29.4 Å². The quantitative estimate of drug-likeness (QED) is 0.454. The molecule has 0 fully saturated rings. The van der Waals surface area contributed by atoms with Gasteiger partial charge in [-0.3, -0.25) is 4.79 Å². The topological polar surface area (TPSA) is 46.3 Å². The van der Waals surface area contributed by atoms with Crippen molar-refractivity contribution in [1.82, 2.24) is 9.88 Å². The van der Waals surface area contributed by atoms with E-state index in [1.807, 2.05) is 61.6 Å². The van der Waals surface area contributed by atoms with E-state index in [1.54, 1.807) is 4.90 Å². The number of nitrogens with zero attached hydrogens (tertiary/aromatic N) is 2. The third-order valence-corrected chi connectivity index (χ3v) is 5.07. The number of rotatable bonds is 7. The van der Waals surface area contributed by atoms with Gasteiger partial charge in [-0.25, -0.2) is 4.98 Å². The molecule has 0 unspecified atom stereocenters. The van der Waals surface area contributed by atoms with Gasteiger partial charge in [0.15, 0.2) is 11.5 Å². The smallest absolute Gasteiger partial charge is 0.253 e. The lowest BCUT2D eigenvalue weighted by Crippen LogP contribution is -2.28. The molecule has 1 heterocycles. The van der Waals surface area contributed by atoms with Crippen LogP contribution in [0.15, 0.2) is 83.3 Å². The van der Waals surface area contributed by atoms with Crippen LogP contribution in [0.3, 0.4) is 0 Å². The second kappa shape index (κ2) is 8.74. The third-order valence-electron chi connectivity index (χ3n) is 5.07. The Morgan fingerprint density at radius 2 is 1.52 bits per heavy atom. The summed E-state index contributed by atoms with van der Waals surface area (Å²) in [5.74, 6) is 0.697. The number of likely N-dealkylation sites (N-methyl/N-ethyl adjacent to an activating group) is 1. The maximum absolute atomic E-state index is 12.8. The summed E-state index contributed by atoms with van der Waals surface area (Å²) in [7, 11) is 1.84. The Morgan fingerprint density at radius 3 is 2.21 bits per heavy atom. The van der Waals surface area contributed by atoms with Crippen LogP contribution in [-0.2, 0) is 19.3 Å². The molecular weight excluding hydrogens is 360 g/mol. The van der Waals surface area contributed by atoms with Crippen LogP contribution < -0.4 is 0 Å². The van der Waals surface area contributed by atoms with Gasteiger partial charge in [0, 0.05) is 25.6 Å². The van der Waals surface area contributed by atoms with E-state index in [1.165, 1.54) is 11.1 Å². The number of amides is 1. The Kier molecular flexibility index (Phi) is 5.71. The molecule has 0 N–H and O–H groups in total. The zero-order chi connectivity index (χ0) is 20.1. The average Bonchev–Trinajstić information content (AvgIpc) is 3.19. The molecule has 4 heteroatoms. The Labute approximate surface area is 170 Å². The van der Waals surface area contributed by atoms with E-state index in [0.717, 1.165) is 30.4 Å². The summed E-state index contributed by atoms with van der Waals surface area (Å²) < 4.78 is 5.85. The highest BCUT2D eigenvalue weighted by Crippen LogP contribution is 2.19. The van der Waals surface area contributed by atoms with Crippen molar-refractivity contribution in [1.29, 1.82) is 0 Å². The highest BCUT2D eigenvalue weighted by atomic mass is 16.3. The predicted molar refractivity (Wildman–Crippen MR) is 115 cm³/mol. The van der Waals surface area contributed by atoms with Gasteiger partial charge < -0.3 is 9.32 Å². The summed E-state index contributed by atoms with van der Waals surface area (Å²) in [6, 6.07) is 26.0. The van der Waals surface area contributed by atoms with Crippen LogP contribution >= 0.6 is 0 Å². The predicted octanol–water partition coefficient (Wildman–Crippen LogP) is 4.93. The third kappa shape index (κ3) is 4.72. The van der Waals surface area contributed by atoms with Crippen molar-refractivity contribution in [3.05, 3.63) is 101 Å². The molecule has 0 aliphatic heterocycles. The lowest BCUT2D eigenvalue weighted by atomic mass is 10.1. The highest BCUT2D eigenvalue weighted by molar-refractivity contribution is 5.97. The monoisotopic (exact) mass is 384 g/mol. The van der Waals surface area contributed by atoms with E-state index in [9.17, 15) is 4.79 Å². The number of carbonyl (C=O) groups excluding carboxylic acids is 1. The normalized spacial score (nSPS) is 10.9. The fraction of sp³-hybridized carbons (Fsp3) is 0.200. The first kappa shape index (κ1) is 18.9. The lowest BCUT2D eigenvalue weighted by molar-refractivity contribution is 0.0797. The van der Waals surface area contributed by atoms with Crippen LogP contribution in [0.1, 0.15) is 27.4 Å². The van der Waals surface area contributed by atoms with Gasteiger partial charge in [-0.2, -0.15) is 0 Å². The van der Waals surface area contributed by atoms with Crippen molar-refractivity contribution < 1.29 is 9.21 Å². The van der Waals surface area contributed by atoms with Gasteiger partial charge in [0.25, 0.3) is 5.91 Å². The molecule has 0 atom stereocenters. The minimum atomic E-state index is -0.00309. The van der Waals surface area contributed by atoms with Crippen LogP contribution in [0.4, 0.5) is 0 Å². The van der Waals surface area contributed by atoms with Gasteiger partial charge in [-0.15, -0.1) is 0 Å². The molecule has 3 aromatic carbocycles. The first-order valence-electron chi connectivity index (χ1n) is 9.92. The Balaban J connectivity index is 1.41. The van der Waals surface area contributed by atoms with E-state index in [2.05, 4.69) is 29.2 Å². The number of hydrogen-bond donors (Lipinski definition) is 0. The van der Waals surface area contributed by atoms with E-state index < -0.39 is 0 Å². The molecule has 4 nitrogen and oxygen atoms in total. The Morgan fingerprint density at radius 1 is 0.862 bits per heavy atom. The molecular formula is C25H24N2O2. The standard InChI is InChI=1S/C25H24N2O2/c1-27(17-16-20-10-6-3-7-11-20)25(28)21-13-14-23-22(18-21)26-24(29-23)15-12-19-8-4-2-5-9-19/h2-11,13-14,18H,12,15-17H2,1H3. The molecule has 0 saturated heterocycles. The Hall–Kier alpha value is -3.40. The van der Waals surface area contributed by atoms with E-state index in [-0.39, 0.29) is 5.91 Å². The van der Waals surface area contributed by atoms with E-state index >= 15 is 0 Å². The van der Waals surface area contributed by atoms with Crippen molar-refractivity contribution >= 4 is 17.0 Å². The van der Waals surface area contributed by atoms with E-state index in [0.29, 0.717) is 18.0 Å². The molecule has 1 amide bonds. The molecule has 4 aromatic rings. The molecule has 0 aliphatic carbocycles. The average molecular weight is 384 g/mol. The SMILES string of the molecule is CN(CCc1ccccc1)C(=O)c1ccc2oc(CCc3ccccc3)nc2c1. The van der Waals surface area contributed by atoms with Gasteiger partial charge in [0.05, 0.1) is 0 Å². The van der Waals surface area contributed by atoms with Gasteiger partial charge in [0.2, 0.25) is 0 Å². The van der Waals surface area contributed by atoms with Crippen molar-refractivity contribution in [2.24, 2.45) is 0 Å². The second-order valence-electron chi connectivity index (χ2n) is 7.24. The molecule has 146 valence electrons. The first-order chi connectivity index (χ1) is 14.2. The van der Waals surface area contributed by atoms with Crippen molar-refractivity contribution in [3.8, 4) is 0 Å². The van der Waals surface area contributed by atoms with Crippen LogP contribution in [0.25, 0.3) is 11.1 Å². The highest BCUT2D eigenvalue weighted by Gasteiger charge is 2.14. The number of hydrogen-bond acceptors (Lipinski definition) is 3. The van der Waals surface area contributed by atoms with Crippen molar-refractivity contribution in [2.75, 3.05) is 13.6 Å². The van der Waals surface area contributed by atoms with Gasteiger partial charge in [-0.05, 0) is 42.2 Å². The molecule has 0 saturated carbocycles. The lowest BCUT2D eigenvalue weighted by Gasteiger charge is -2.17. The molecule has 1 aromatic heterocycles. The zero-order valence-corrected chi connectivity index (χ0v) is 16.5. The number of oxazole rings is 1. The number of aromatic nitrogens is 1. The fourth-order valence-corrected chi connectivity index (χ4v) is 3.37. The molecule has 0 bridgehead atoms. The van der Waals surface area contributed by atoms with Crippen molar-refractivity contribution in [2.45, 2.75) is 19.3 Å². The van der Waals surface area contributed by atoms with Gasteiger partial charge in [0.1, 0.15) is 5.52 Å². The number of benzene rings is 3. The summed E-state index contributed by atoms with van der Waals surface area (Å²) in [6.45, 7) is 0.669. The minimum Gasteiger partial charge on any atom is -0.441 e. The first-order valence-corrected chi connectivity index (χ1v) is 9.92. The zero-order valence-electron chi connectivity index (χ0n) is 16.5. The largest absolute Gasteiger partial charge is 0.441 e. The van der Waals surface area contributed by atoms with Crippen LogP contribution in [0, 0.1) is 0 Å². The summed E-state index contributed by atoms with van der Waals surface area (Å²) in [5, 5.41) is 0. The summed E-state index contributed by atoms with van der Waals surface area (Å²) >= 11 is 0. The molecule has 0 aliphatic rings. The van der Waals surface area contributed by atoms with Crippen molar-refractivity contribution in [3.63, 3.8) is 0 Å². The number of carbonyl (C=O) groups is 1. The van der Waals surface area contributed by atoms with Gasteiger partial charge in [-0.1, -0.05) is 60.7 Å². The van der Waals surface area contributed by atoms with Crippen LogP contribution in [0.2, 0.25) is 0 Å². The fourth-order valence-electron chi connectivity index (χ4n) is 3.37. The molecule has 4 rings (SSSR count). The second-order valence-corrected chi connectivity index (χ2v) is 7.24. The number of aryl methyl sites for hydroxylation is 2. The molecule has 0 radical (unpaired) electrons. The van der Waals surface area contributed by atoms with E-state index in [4.69, 9.17) is 4.42 Å². The molecule has 0 spiro atoms. The minimum absolute atomic E-state index is 0.00309. The molecule has 29 heavy (non-hydrogen) atoms. The maximum Gasteiger partial charge on any atom is 0.253 e. The summed E-state index contributed by atoms with van der Waals surface area (Å²) in [4.78, 5) is 19.1. The van der Waals surface area contributed by atoms with Gasteiger partial charge >= 0.3 is 0 Å². The maximum atomic E-state index is 12.8. The van der Waals surface area contributed by atoms with Crippen LogP contribution in [0.5, 0.6) is 0 Å². The Bertz CT molecular complexity index is 1090.